The second-order valence-electron chi connectivity index (χ2n) is 18.4. The van der Waals surface area contributed by atoms with Crippen LogP contribution in [0.5, 0.6) is 0 Å². The normalized spacial score (nSPS) is 21.9. The number of amides is 4. The number of aromatic nitrogens is 4. The molecule has 0 unspecified atom stereocenters. The lowest BCUT2D eigenvalue weighted by Crippen LogP contribution is -2.95. The molecule has 5 aromatic rings. The molecule has 9 rings (SSSR count). The fraction of sp³-hybridized carbons (Fsp3) is 0.458. The molecule has 6 N–H and O–H groups in total. The number of hydrogen-bond donors (Lipinski definition) is 5. The number of quaternary nitrogens is 1. The quantitative estimate of drug-likeness (QED) is 0.0934. The molecule has 4 fully saturated rings. The van der Waals surface area contributed by atoms with Crippen LogP contribution in [0.1, 0.15) is 82.5 Å². The van der Waals surface area contributed by atoms with E-state index < -0.39 is 24.3 Å². The number of benzene rings is 3. The predicted octanol–water partition coefficient (Wildman–Crippen LogP) is 6.08. The molecule has 2 bridgehead atoms. The van der Waals surface area contributed by atoms with E-state index in [0.717, 1.165) is 94.6 Å². The summed E-state index contributed by atoms with van der Waals surface area (Å²) in [5.41, 5.74) is 6.10. The number of primary amides is 1. The number of hydrogen-bond acceptors (Lipinski definition) is 9. The molecule has 6 atom stereocenters. The van der Waals surface area contributed by atoms with E-state index in [1.807, 2.05) is 43.1 Å². The second kappa shape index (κ2) is 17.2. The number of imidazole rings is 2. The predicted molar refractivity (Wildman–Crippen MR) is 237 cm³/mol. The zero-order valence-corrected chi connectivity index (χ0v) is 36.6. The number of carbonyl (C=O) groups is 4. The summed E-state index contributed by atoms with van der Waals surface area (Å²) in [7, 11) is 4.48. The van der Waals surface area contributed by atoms with Gasteiger partial charge in [0.2, 0.25) is 5.91 Å². The minimum atomic E-state index is -0.681. The van der Waals surface area contributed by atoms with Crippen molar-refractivity contribution in [3.05, 3.63) is 84.7 Å². The fourth-order valence-electron chi connectivity index (χ4n) is 10.3. The monoisotopic (exact) mass is 856 g/mol. The maximum absolute atomic E-state index is 14.0. The summed E-state index contributed by atoms with van der Waals surface area (Å²) in [4.78, 5) is 73.0. The number of nitrogens with two attached hydrogens (primary N) is 1. The largest absolute Gasteiger partial charge is 0.513 e. The number of piperidine rings is 1. The highest BCUT2D eigenvalue weighted by Crippen LogP contribution is 2.58. The number of alkyl carbamates (subject to hydrolysis) is 1. The Bertz CT molecular complexity index is 2510. The zero-order chi connectivity index (χ0) is 44.0. The zero-order valence-electron chi connectivity index (χ0n) is 36.6. The van der Waals surface area contributed by atoms with Crippen molar-refractivity contribution in [1.29, 1.82) is 0 Å². The summed E-state index contributed by atoms with van der Waals surface area (Å²) in [5.74, 6) is 1.61. The number of carbonyl (C=O) groups excluding carboxylic acids is 4. The van der Waals surface area contributed by atoms with E-state index >= 15 is 0 Å². The van der Waals surface area contributed by atoms with Gasteiger partial charge in [-0.25, -0.2) is 20.1 Å². The van der Waals surface area contributed by atoms with Crippen LogP contribution in [0.2, 0.25) is 0 Å². The molecule has 0 radical (unpaired) electrons. The Hall–Kier alpha value is -6.06. The van der Waals surface area contributed by atoms with Crippen LogP contribution in [-0.4, -0.2) is 106 Å². The summed E-state index contributed by atoms with van der Waals surface area (Å²) in [5, 5.41) is 9.49. The van der Waals surface area contributed by atoms with Gasteiger partial charge in [-0.2, -0.15) is 4.79 Å². The minimum Gasteiger partial charge on any atom is -0.453 e. The minimum absolute atomic E-state index is 0.0608. The molecule has 2 aromatic heterocycles. The summed E-state index contributed by atoms with van der Waals surface area (Å²) >= 11 is 0. The van der Waals surface area contributed by atoms with Gasteiger partial charge in [-0.15, -0.1) is 0 Å². The lowest BCUT2D eigenvalue weighted by molar-refractivity contribution is -0.595. The van der Waals surface area contributed by atoms with Crippen molar-refractivity contribution in [1.82, 2.24) is 40.4 Å². The number of rotatable bonds is 13. The lowest BCUT2D eigenvalue weighted by Gasteiger charge is -2.37. The van der Waals surface area contributed by atoms with Gasteiger partial charge in [0.25, 0.3) is 5.91 Å². The fourth-order valence-corrected chi connectivity index (χ4v) is 10.3. The SMILES string of the molecule is CNCC[C@H]([NH2+]C(=O)OC)C(=O)N1CC2(CC2)C[C@H]1c1ncc(-c2ccc3cc(-c4ccc(-c5cnc([C@@H]6[C@H]7CC[C@H](C7)N6C(=O)[C@@H](NC(=O)OC)C(C)C)[nH]5)cc4)ccc3c2)[nH]1. The Balaban J connectivity index is 0.889. The van der Waals surface area contributed by atoms with Gasteiger partial charge in [0.1, 0.15) is 17.7 Å². The first-order chi connectivity index (χ1) is 30.5. The van der Waals surface area contributed by atoms with Gasteiger partial charge in [-0.05, 0) is 102 Å². The average Bonchev–Trinajstić information content (AvgIpc) is 3.94. The van der Waals surface area contributed by atoms with Crippen molar-refractivity contribution in [3.63, 3.8) is 0 Å². The van der Waals surface area contributed by atoms with E-state index in [1.54, 1.807) is 0 Å². The van der Waals surface area contributed by atoms with Gasteiger partial charge in [0, 0.05) is 31.1 Å². The first-order valence-corrected chi connectivity index (χ1v) is 22.3. The van der Waals surface area contributed by atoms with Crippen LogP contribution in [0.25, 0.3) is 44.4 Å². The van der Waals surface area contributed by atoms with Crippen LogP contribution >= 0.6 is 0 Å². The van der Waals surface area contributed by atoms with E-state index in [4.69, 9.17) is 19.4 Å². The van der Waals surface area contributed by atoms with Crippen molar-refractivity contribution < 1.29 is 34.0 Å². The summed E-state index contributed by atoms with van der Waals surface area (Å²) in [6.45, 7) is 5.14. The third kappa shape index (κ3) is 8.31. The standard InChI is InChI=1S/C48H57N9O6/c1-27(2)40(55-47(61)63-5)45(59)57-35-15-14-34(22-35)41(57)43-51-24-37(53-43)29-8-6-28(7-9-29)30-10-11-32-21-33(13-12-31(32)20-30)38-25-50-42(52-38)39-23-48(17-18-48)26-56(39)44(58)36(16-19-49-3)54-46(60)62-4/h6-13,20-21,24-25,27,34-36,39-41,49H,14-19,22-23,26H2,1-5H3,(H,50,52)(H,51,53)(H,54,60)(H,55,61)/p+1/t34-,35+,36-,39-,40-,41-/m0/s1. The maximum atomic E-state index is 14.0. The second-order valence-corrected chi connectivity index (χ2v) is 18.4. The topological polar surface area (TPSA) is 191 Å². The van der Waals surface area contributed by atoms with E-state index in [-0.39, 0.29) is 41.3 Å². The Morgan fingerprint density at radius 2 is 1.49 bits per heavy atom. The third-order valence-electron chi connectivity index (χ3n) is 14.0. The summed E-state index contributed by atoms with van der Waals surface area (Å²) in [6, 6.07) is 19.8. The van der Waals surface area contributed by atoms with Crippen LogP contribution in [0, 0.1) is 17.3 Å². The summed E-state index contributed by atoms with van der Waals surface area (Å²) < 4.78 is 9.72. The molecule has 330 valence electrons. The first-order valence-electron chi connectivity index (χ1n) is 22.3. The van der Waals surface area contributed by atoms with E-state index in [1.165, 1.54) is 19.5 Å². The maximum Gasteiger partial charge on any atom is 0.513 e. The molecule has 3 aromatic carbocycles. The van der Waals surface area contributed by atoms with Crippen LogP contribution in [0.3, 0.4) is 0 Å². The Morgan fingerprint density at radius 3 is 2.17 bits per heavy atom. The Kier molecular flexibility index (Phi) is 11.6. The van der Waals surface area contributed by atoms with Crippen molar-refractivity contribution in [2.75, 3.05) is 34.4 Å². The number of ether oxygens (including phenoxy) is 2. The highest BCUT2D eigenvalue weighted by atomic mass is 16.5. The molecule has 2 saturated heterocycles. The number of likely N-dealkylation sites (tertiary alicyclic amines) is 2. The number of methoxy groups -OCH3 is 2. The molecule has 2 saturated carbocycles. The molecular weight excluding hydrogens is 799 g/mol. The van der Waals surface area contributed by atoms with E-state index in [9.17, 15) is 19.2 Å². The molecule has 4 aliphatic rings. The Labute approximate surface area is 367 Å². The van der Waals surface area contributed by atoms with Crippen molar-refractivity contribution in [2.24, 2.45) is 17.3 Å². The van der Waals surface area contributed by atoms with E-state index in [0.29, 0.717) is 25.4 Å². The van der Waals surface area contributed by atoms with Crippen LogP contribution in [0.4, 0.5) is 9.59 Å². The molecule has 1 spiro atoms. The number of nitrogens with one attached hydrogen (secondary N) is 4. The Morgan fingerprint density at radius 1 is 0.841 bits per heavy atom. The molecule has 15 nitrogen and oxygen atoms in total. The molecule has 4 heterocycles. The van der Waals surface area contributed by atoms with Crippen LogP contribution in [-0.2, 0) is 19.1 Å². The van der Waals surface area contributed by atoms with Gasteiger partial charge in [-0.3, -0.25) is 9.59 Å². The molecule has 2 aliphatic heterocycles. The highest BCUT2D eigenvalue weighted by Gasteiger charge is 2.56. The molecular formula is C48H58N9O6+. The average molecular weight is 857 g/mol. The van der Waals surface area contributed by atoms with Crippen molar-refractivity contribution in [3.8, 4) is 33.6 Å². The smallest absolute Gasteiger partial charge is 0.453 e. The highest BCUT2D eigenvalue weighted by molar-refractivity contribution is 5.91. The van der Waals surface area contributed by atoms with Gasteiger partial charge in [0.05, 0.1) is 50.1 Å². The van der Waals surface area contributed by atoms with Crippen LogP contribution in [0.15, 0.2) is 73.1 Å². The number of aromatic amines is 2. The number of fused-ring (bicyclic) bond motifs is 3. The molecule has 2 aliphatic carbocycles. The van der Waals surface area contributed by atoms with Gasteiger partial charge < -0.3 is 39.9 Å². The van der Waals surface area contributed by atoms with Crippen molar-refractivity contribution >= 4 is 34.8 Å². The molecule has 15 heteroatoms. The first kappa shape index (κ1) is 42.3. The summed E-state index contributed by atoms with van der Waals surface area (Å²) in [6.07, 6.45) is 9.08. The van der Waals surface area contributed by atoms with Gasteiger partial charge in [0.15, 0.2) is 6.04 Å². The van der Waals surface area contributed by atoms with E-state index in [2.05, 4.69) is 81.3 Å². The number of H-pyrrole nitrogens is 2. The van der Waals surface area contributed by atoms with Crippen molar-refractivity contribution in [2.45, 2.75) is 89.0 Å². The van der Waals surface area contributed by atoms with Gasteiger partial charge in [-0.1, -0.05) is 62.4 Å². The number of nitrogens with zero attached hydrogens (tertiary/aromatic N) is 4. The molecule has 4 amide bonds. The third-order valence-corrected chi connectivity index (χ3v) is 14.0. The molecule has 63 heavy (non-hydrogen) atoms. The lowest BCUT2D eigenvalue weighted by atomic mass is 9.95. The van der Waals surface area contributed by atoms with Gasteiger partial charge >= 0.3 is 12.2 Å². The van der Waals surface area contributed by atoms with Crippen LogP contribution < -0.4 is 16.0 Å².